The molecule has 0 aliphatic carbocycles. The molecule has 15 heavy (non-hydrogen) atoms. The molecule has 0 aliphatic rings. The van der Waals surface area contributed by atoms with E-state index in [9.17, 15) is 9.59 Å². The topological polar surface area (TPSA) is 76.0 Å². The molecule has 0 amide bonds. The van der Waals surface area contributed by atoms with Crippen molar-refractivity contribution in [1.29, 1.82) is 0 Å². The van der Waals surface area contributed by atoms with Gasteiger partial charge >= 0.3 is 5.97 Å². The lowest BCUT2D eigenvalue weighted by molar-refractivity contribution is -0.148. The van der Waals surface area contributed by atoms with Gasteiger partial charge in [-0.25, -0.2) is 9.59 Å². The third-order valence-electron chi connectivity index (χ3n) is 1.81. The van der Waals surface area contributed by atoms with E-state index in [1.807, 2.05) is 0 Å². The van der Waals surface area contributed by atoms with E-state index in [0.29, 0.717) is 11.3 Å². The molecule has 1 rings (SSSR count). The zero-order chi connectivity index (χ0) is 11.3. The highest BCUT2D eigenvalue weighted by Crippen LogP contribution is 2.21. The van der Waals surface area contributed by atoms with Crippen LogP contribution in [-0.2, 0) is 14.3 Å². The van der Waals surface area contributed by atoms with Crippen LogP contribution in [-0.4, -0.2) is 24.3 Å². The van der Waals surface area contributed by atoms with E-state index in [-0.39, 0.29) is 0 Å². The third kappa shape index (κ3) is 2.74. The number of hydrogen-bond acceptors (Lipinski definition) is 4. The number of carbonyl (C=O) groups is 1. The van der Waals surface area contributed by atoms with Crippen LogP contribution in [0.3, 0.4) is 0 Å². The molecule has 0 heterocycles. The minimum Gasteiger partial charge on any atom is -0.479 e. The van der Waals surface area contributed by atoms with E-state index in [1.54, 1.807) is 18.2 Å². The first-order valence-corrected chi connectivity index (χ1v) is 4.12. The second-order valence-electron chi connectivity index (χ2n) is 2.75. The summed E-state index contributed by atoms with van der Waals surface area (Å²) in [5.41, 5.74) is 0.785. The Hall–Kier alpha value is -1.97. The van der Waals surface area contributed by atoms with Crippen LogP contribution in [0.2, 0.25) is 0 Å². The Bertz CT molecular complexity index is 410. The lowest BCUT2D eigenvalue weighted by Crippen LogP contribution is -2.13. The summed E-state index contributed by atoms with van der Waals surface area (Å²) in [4.78, 5) is 24.2. The number of aliphatic carboxylic acids is 1. The minimum atomic E-state index is -1.09. The molecule has 1 aromatic carbocycles. The molecule has 0 bridgehead atoms. The summed E-state index contributed by atoms with van der Waals surface area (Å²) in [6, 6.07) is 6.22. The normalized spacial score (nSPS) is 11.5. The molecular weight excluding hydrogens is 198 g/mol. The lowest BCUT2D eigenvalue weighted by atomic mass is 10.1. The van der Waals surface area contributed by atoms with Crippen LogP contribution in [0, 0.1) is 0 Å². The monoisotopic (exact) mass is 207 g/mol. The maximum atomic E-state index is 10.8. The molecule has 1 N–H and O–H groups in total. The maximum absolute atomic E-state index is 10.8. The van der Waals surface area contributed by atoms with Crippen molar-refractivity contribution in [3.63, 3.8) is 0 Å². The number of nitrogens with zero attached hydrogens (tertiary/aromatic N) is 1. The molecule has 1 atom stereocenters. The van der Waals surface area contributed by atoms with Crippen LogP contribution in [0.15, 0.2) is 29.3 Å². The van der Waals surface area contributed by atoms with Crippen molar-refractivity contribution in [2.24, 2.45) is 4.99 Å². The zero-order valence-corrected chi connectivity index (χ0v) is 8.01. The number of carboxylic acid groups (broad SMARTS) is 1. The lowest BCUT2D eigenvalue weighted by Gasteiger charge is -2.10. The summed E-state index contributed by atoms with van der Waals surface area (Å²) in [6.45, 7) is 0. The first kappa shape index (κ1) is 11.1. The highest BCUT2D eigenvalue weighted by molar-refractivity contribution is 5.74. The van der Waals surface area contributed by atoms with Crippen molar-refractivity contribution in [3.8, 4) is 0 Å². The number of rotatable bonds is 4. The van der Waals surface area contributed by atoms with Gasteiger partial charge in [-0.3, -0.25) is 0 Å². The molecule has 0 aliphatic heterocycles. The minimum absolute atomic E-state index is 0.353. The van der Waals surface area contributed by atoms with Crippen molar-refractivity contribution >= 4 is 17.7 Å². The van der Waals surface area contributed by atoms with Crippen LogP contribution < -0.4 is 0 Å². The number of methoxy groups -OCH3 is 1. The van der Waals surface area contributed by atoms with Gasteiger partial charge in [0.25, 0.3) is 0 Å². The summed E-state index contributed by atoms with van der Waals surface area (Å²) in [5.74, 6) is -1.09. The Morgan fingerprint density at radius 2 is 2.33 bits per heavy atom. The number of benzene rings is 1. The summed E-state index contributed by atoms with van der Waals surface area (Å²) in [5, 5.41) is 8.81. The summed E-state index contributed by atoms with van der Waals surface area (Å²) in [6.07, 6.45) is 0.335. The largest absolute Gasteiger partial charge is 0.479 e. The highest BCUT2D eigenvalue weighted by atomic mass is 16.5. The molecule has 0 unspecified atom stereocenters. The van der Waals surface area contributed by atoms with Crippen LogP contribution in [0.4, 0.5) is 5.69 Å². The SMILES string of the molecule is CO[C@H](C(=O)O)c1cccc(N=C=O)c1. The molecule has 1 aromatic rings. The molecule has 78 valence electrons. The van der Waals surface area contributed by atoms with Crippen molar-refractivity contribution in [3.05, 3.63) is 29.8 Å². The number of carbonyl (C=O) groups excluding carboxylic acids is 1. The van der Waals surface area contributed by atoms with Gasteiger partial charge in [-0.1, -0.05) is 12.1 Å². The predicted molar refractivity (Wildman–Crippen MR) is 51.6 cm³/mol. The molecule has 0 spiro atoms. The van der Waals surface area contributed by atoms with Crippen LogP contribution in [0.25, 0.3) is 0 Å². The Morgan fingerprint density at radius 1 is 1.60 bits per heavy atom. The number of aliphatic imine (C=N–C) groups is 1. The number of hydrogen-bond donors (Lipinski definition) is 1. The molecule has 0 radical (unpaired) electrons. The number of isocyanates is 1. The standard InChI is InChI=1S/C10H9NO4/c1-15-9(10(13)14)7-3-2-4-8(5-7)11-6-12/h2-5,9H,1H3,(H,13,14)/t9-/m0/s1. The van der Waals surface area contributed by atoms with Gasteiger partial charge in [-0.2, -0.15) is 4.99 Å². The van der Waals surface area contributed by atoms with E-state index < -0.39 is 12.1 Å². The fourth-order valence-corrected chi connectivity index (χ4v) is 1.19. The highest BCUT2D eigenvalue weighted by Gasteiger charge is 2.18. The Morgan fingerprint density at radius 3 is 2.87 bits per heavy atom. The van der Waals surface area contributed by atoms with Gasteiger partial charge in [0.1, 0.15) is 0 Å². The Balaban J connectivity index is 3.07. The Labute approximate surface area is 86.0 Å². The van der Waals surface area contributed by atoms with Gasteiger partial charge < -0.3 is 9.84 Å². The third-order valence-corrected chi connectivity index (χ3v) is 1.81. The van der Waals surface area contributed by atoms with Crippen molar-refractivity contribution in [1.82, 2.24) is 0 Å². The van der Waals surface area contributed by atoms with E-state index in [4.69, 9.17) is 9.84 Å². The fourth-order valence-electron chi connectivity index (χ4n) is 1.19. The quantitative estimate of drug-likeness (QED) is 0.598. The number of ether oxygens (including phenoxy) is 1. The Kier molecular flexibility index (Phi) is 3.74. The van der Waals surface area contributed by atoms with Crippen molar-refractivity contribution in [2.45, 2.75) is 6.10 Å². The molecule has 5 heteroatoms. The maximum Gasteiger partial charge on any atom is 0.337 e. The molecule has 0 fully saturated rings. The van der Waals surface area contributed by atoms with Gasteiger partial charge in [0, 0.05) is 7.11 Å². The van der Waals surface area contributed by atoms with Crippen LogP contribution in [0.1, 0.15) is 11.7 Å². The van der Waals surface area contributed by atoms with E-state index in [2.05, 4.69) is 4.99 Å². The average molecular weight is 207 g/mol. The van der Waals surface area contributed by atoms with E-state index >= 15 is 0 Å². The summed E-state index contributed by atoms with van der Waals surface area (Å²) < 4.78 is 4.79. The molecule has 5 nitrogen and oxygen atoms in total. The van der Waals surface area contributed by atoms with E-state index in [0.717, 1.165) is 0 Å². The predicted octanol–water partition coefficient (Wildman–Crippen LogP) is 1.43. The van der Waals surface area contributed by atoms with Crippen molar-refractivity contribution in [2.75, 3.05) is 7.11 Å². The second-order valence-corrected chi connectivity index (χ2v) is 2.75. The summed E-state index contributed by atoms with van der Waals surface area (Å²) in [7, 11) is 1.30. The van der Waals surface area contributed by atoms with Gasteiger partial charge in [0.15, 0.2) is 6.10 Å². The van der Waals surface area contributed by atoms with E-state index in [1.165, 1.54) is 19.3 Å². The zero-order valence-electron chi connectivity index (χ0n) is 8.01. The van der Waals surface area contributed by atoms with Crippen LogP contribution >= 0.6 is 0 Å². The second kappa shape index (κ2) is 5.05. The molecule has 0 aromatic heterocycles. The first-order valence-electron chi connectivity index (χ1n) is 4.12. The average Bonchev–Trinajstić information content (AvgIpc) is 2.19. The van der Waals surface area contributed by atoms with Gasteiger partial charge in [0.2, 0.25) is 6.08 Å². The van der Waals surface area contributed by atoms with Gasteiger partial charge in [-0.15, -0.1) is 0 Å². The first-order chi connectivity index (χ1) is 7.19. The molecule has 0 saturated carbocycles. The fraction of sp³-hybridized carbons (Fsp3) is 0.200. The van der Waals surface area contributed by atoms with Crippen molar-refractivity contribution < 1.29 is 19.4 Å². The summed E-state index contributed by atoms with van der Waals surface area (Å²) >= 11 is 0. The van der Waals surface area contributed by atoms with Gasteiger partial charge in [0.05, 0.1) is 5.69 Å². The smallest absolute Gasteiger partial charge is 0.337 e. The number of carboxylic acids is 1. The van der Waals surface area contributed by atoms with Gasteiger partial charge in [-0.05, 0) is 17.7 Å². The molecular formula is C10H9NO4. The van der Waals surface area contributed by atoms with Crippen LogP contribution in [0.5, 0.6) is 0 Å². The molecule has 0 saturated heterocycles.